The van der Waals surface area contributed by atoms with E-state index in [2.05, 4.69) is 20.5 Å². The van der Waals surface area contributed by atoms with Crippen molar-refractivity contribution in [3.05, 3.63) is 57.9 Å². The van der Waals surface area contributed by atoms with Gasteiger partial charge in [0.05, 0.1) is 10.5 Å². The second-order valence-corrected chi connectivity index (χ2v) is 6.50. The third-order valence-electron chi connectivity index (χ3n) is 4.16. The molecule has 0 fully saturated rings. The van der Waals surface area contributed by atoms with Gasteiger partial charge in [-0.25, -0.2) is 4.98 Å². The van der Waals surface area contributed by atoms with Crippen LogP contribution in [0.2, 0.25) is 0 Å². The largest absolute Gasteiger partial charge is 0.398 e. The maximum Gasteiger partial charge on any atom is 0.273 e. The fraction of sp³-hybridized carbons (Fsp3) is 0.222. The molecule has 10 heteroatoms. The second-order valence-electron chi connectivity index (χ2n) is 6.50. The highest BCUT2D eigenvalue weighted by Gasteiger charge is 2.19. The van der Waals surface area contributed by atoms with E-state index in [4.69, 9.17) is 5.73 Å². The highest BCUT2D eigenvalue weighted by Crippen LogP contribution is 2.26. The van der Waals surface area contributed by atoms with Crippen molar-refractivity contribution in [1.82, 2.24) is 19.7 Å². The number of benzene rings is 1. The zero-order valence-corrected chi connectivity index (χ0v) is 15.6. The standard InChI is InChI=1S/C18H19N7O3/c1-10(2)24-9-20-23-17(24)14-5-4-6-16(21-14)22-18(26)12-8-15(25(27)28)11(3)7-13(12)19/h4-10H,19H2,1-3H3,(H,21,22,26). The van der Waals surface area contributed by atoms with Gasteiger partial charge in [0, 0.05) is 23.4 Å². The summed E-state index contributed by atoms with van der Waals surface area (Å²) < 4.78 is 1.86. The molecule has 3 aromatic rings. The Balaban J connectivity index is 1.91. The average molecular weight is 381 g/mol. The lowest BCUT2D eigenvalue weighted by molar-refractivity contribution is -0.385. The first-order valence-electron chi connectivity index (χ1n) is 8.50. The minimum absolute atomic E-state index is 0.00912. The molecule has 28 heavy (non-hydrogen) atoms. The molecule has 3 N–H and O–H groups in total. The van der Waals surface area contributed by atoms with Gasteiger partial charge in [-0.3, -0.25) is 14.9 Å². The number of nitrogens with two attached hydrogens (primary N) is 1. The molecule has 0 spiro atoms. The number of hydrogen-bond acceptors (Lipinski definition) is 7. The summed E-state index contributed by atoms with van der Waals surface area (Å²) in [6, 6.07) is 7.79. The number of amides is 1. The van der Waals surface area contributed by atoms with Crippen molar-refractivity contribution in [2.24, 2.45) is 0 Å². The van der Waals surface area contributed by atoms with Crippen LogP contribution >= 0.6 is 0 Å². The lowest BCUT2D eigenvalue weighted by Crippen LogP contribution is -2.16. The van der Waals surface area contributed by atoms with Gasteiger partial charge in [-0.05, 0) is 39.0 Å². The topological polar surface area (TPSA) is 142 Å². The Morgan fingerprint density at radius 3 is 2.75 bits per heavy atom. The van der Waals surface area contributed by atoms with Crippen LogP contribution in [0.15, 0.2) is 36.7 Å². The van der Waals surface area contributed by atoms with Gasteiger partial charge in [-0.15, -0.1) is 10.2 Å². The quantitative estimate of drug-likeness (QED) is 0.393. The molecular formula is C18H19N7O3. The van der Waals surface area contributed by atoms with Crippen LogP contribution in [0.25, 0.3) is 11.5 Å². The summed E-state index contributed by atoms with van der Waals surface area (Å²) in [4.78, 5) is 27.6. The zero-order chi connectivity index (χ0) is 20.4. The van der Waals surface area contributed by atoms with Crippen molar-refractivity contribution in [3.63, 3.8) is 0 Å². The van der Waals surface area contributed by atoms with Crippen molar-refractivity contribution >= 4 is 23.1 Å². The molecule has 0 unspecified atom stereocenters. The van der Waals surface area contributed by atoms with Gasteiger partial charge in [-0.2, -0.15) is 0 Å². The van der Waals surface area contributed by atoms with Gasteiger partial charge in [0.25, 0.3) is 11.6 Å². The summed E-state index contributed by atoms with van der Waals surface area (Å²) in [5, 5.41) is 21.8. The summed E-state index contributed by atoms with van der Waals surface area (Å²) >= 11 is 0. The Morgan fingerprint density at radius 2 is 2.07 bits per heavy atom. The first kappa shape index (κ1) is 19.0. The summed E-state index contributed by atoms with van der Waals surface area (Å²) in [5.41, 5.74) is 6.78. The minimum Gasteiger partial charge on any atom is -0.398 e. The summed E-state index contributed by atoms with van der Waals surface area (Å²) in [7, 11) is 0. The van der Waals surface area contributed by atoms with E-state index in [1.165, 1.54) is 12.1 Å². The number of aromatic nitrogens is 4. The van der Waals surface area contributed by atoms with E-state index in [1.807, 2.05) is 18.4 Å². The molecule has 1 amide bonds. The molecular weight excluding hydrogens is 362 g/mol. The lowest BCUT2D eigenvalue weighted by Gasteiger charge is -2.11. The fourth-order valence-electron chi connectivity index (χ4n) is 2.73. The molecule has 1 aromatic carbocycles. The number of pyridine rings is 1. The fourth-order valence-corrected chi connectivity index (χ4v) is 2.73. The first-order chi connectivity index (χ1) is 13.3. The molecule has 0 aliphatic rings. The Kier molecular flexibility index (Phi) is 5.03. The number of nitrogens with zero attached hydrogens (tertiary/aromatic N) is 5. The van der Waals surface area contributed by atoms with Crippen molar-refractivity contribution < 1.29 is 9.72 Å². The molecule has 10 nitrogen and oxygen atoms in total. The minimum atomic E-state index is -0.587. The molecule has 3 rings (SSSR count). The number of anilines is 2. The summed E-state index contributed by atoms with van der Waals surface area (Å²) in [5.74, 6) is 0.246. The number of nitrogens with one attached hydrogen (secondary N) is 1. The Hall–Kier alpha value is -3.82. The van der Waals surface area contributed by atoms with Crippen LogP contribution in [0.4, 0.5) is 17.2 Å². The lowest BCUT2D eigenvalue weighted by atomic mass is 10.1. The highest BCUT2D eigenvalue weighted by molar-refractivity contribution is 6.08. The zero-order valence-electron chi connectivity index (χ0n) is 15.6. The molecule has 144 valence electrons. The van der Waals surface area contributed by atoms with E-state index >= 15 is 0 Å². The predicted octanol–water partition coefficient (Wildman–Crippen LogP) is 2.97. The molecule has 2 aromatic heterocycles. The van der Waals surface area contributed by atoms with Gasteiger partial charge in [0.1, 0.15) is 17.8 Å². The first-order valence-corrected chi connectivity index (χ1v) is 8.50. The average Bonchev–Trinajstić information content (AvgIpc) is 3.11. The smallest absolute Gasteiger partial charge is 0.273 e. The van der Waals surface area contributed by atoms with E-state index in [9.17, 15) is 14.9 Å². The predicted molar refractivity (Wildman–Crippen MR) is 104 cm³/mol. The second kappa shape index (κ2) is 7.43. The number of carbonyl (C=O) groups is 1. The van der Waals surface area contributed by atoms with Crippen LogP contribution in [0.1, 0.15) is 35.8 Å². The number of rotatable bonds is 5. The van der Waals surface area contributed by atoms with E-state index in [1.54, 1.807) is 31.5 Å². The molecule has 0 aliphatic carbocycles. The molecule has 2 heterocycles. The van der Waals surface area contributed by atoms with Crippen molar-refractivity contribution in [2.75, 3.05) is 11.1 Å². The normalized spacial score (nSPS) is 10.9. The van der Waals surface area contributed by atoms with Gasteiger partial charge >= 0.3 is 0 Å². The van der Waals surface area contributed by atoms with Gasteiger partial charge in [-0.1, -0.05) is 6.07 Å². The third kappa shape index (κ3) is 3.65. The molecule has 0 saturated heterocycles. The molecule has 0 bridgehead atoms. The van der Waals surface area contributed by atoms with E-state index in [0.29, 0.717) is 17.1 Å². The number of carbonyl (C=O) groups excluding carboxylic acids is 1. The van der Waals surface area contributed by atoms with Crippen molar-refractivity contribution in [1.29, 1.82) is 0 Å². The van der Waals surface area contributed by atoms with Gasteiger partial charge in [0.2, 0.25) is 0 Å². The Bertz CT molecular complexity index is 1060. The van der Waals surface area contributed by atoms with Crippen LogP contribution in [0.3, 0.4) is 0 Å². The van der Waals surface area contributed by atoms with Crippen LogP contribution in [0.5, 0.6) is 0 Å². The van der Waals surface area contributed by atoms with Crippen LogP contribution in [-0.2, 0) is 0 Å². The molecule has 0 radical (unpaired) electrons. The number of aryl methyl sites for hydroxylation is 1. The van der Waals surface area contributed by atoms with E-state index in [-0.39, 0.29) is 28.8 Å². The van der Waals surface area contributed by atoms with Gasteiger partial charge < -0.3 is 15.6 Å². The number of hydrogen-bond donors (Lipinski definition) is 2. The van der Waals surface area contributed by atoms with Crippen LogP contribution in [-0.4, -0.2) is 30.6 Å². The highest BCUT2D eigenvalue weighted by atomic mass is 16.6. The SMILES string of the molecule is Cc1cc(N)c(C(=O)Nc2cccc(-c3nncn3C(C)C)n2)cc1[N+](=O)[O-]. The van der Waals surface area contributed by atoms with Gasteiger partial charge in [0.15, 0.2) is 5.82 Å². The van der Waals surface area contributed by atoms with Crippen LogP contribution < -0.4 is 11.1 Å². The van der Waals surface area contributed by atoms with Crippen LogP contribution in [0, 0.1) is 17.0 Å². The third-order valence-corrected chi connectivity index (χ3v) is 4.16. The summed E-state index contributed by atoms with van der Waals surface area (Å²) in [6.07, 6.45) is 1.61. The van der Waals surface area contributed by atoms with Crippen molar-refractivity contribution in [3.8, 4) is 11.5 Å². The number of nitro groups is 1. The Morgan fingerprint density at radius 1 is 1.32 bits per heavy atom. The maximum atomic E-state index is 12.6. The number of nitro benzene ring substituents is 1. The maximum absolute atomic E-state index is 12.6. The molecule has 0 atom stereocenters. The van der Waals surface area contributed by atoms with Crippen molar-refractivity contribution in [2.45, 2.75) is 26.8 Å². The summed E-state index contributed by atoms with van der Waals surface area (Å²) in [6.45, 7) is 5.54. The molecule has 0 aliphatic heterocycles. The monoisotopic (exact) mass is 381 g/mol. The molecule has 0 saturated carbocycles. The van der Waals surface area contributed by atoms with E-state index < -0.39 is 10.8 Å². The Labute approximate surface area is 160 Å². The number of nitrogen functional groups attached to an aromatic ring is 1. The van der Waals surface area contributed by atoms with E-state index in [0.717, 1.165) is 0 Å².